The highest BCUT2D eigenvalue weighted by atomic mass is 16.5. The van der Waals surface area contributed by atoms with Crippen LogP contribution < -0.4 is 4.74 Å². The lowest BCUT2D eigenvalue weighted by atomic mass is 10.1. The molecule has 1 aromatic heterocycles. The van der Waals surface area contributed by atoms with Crippen molar-refractivity contribution in [1.82, 2.24) is 14.7 Å². The fourth-order valence-corrected chi connectivity index (χ4v) is 3.27. The van der Waals surface area contributed by atoms with E-state index in [0.29, 0.717) is 25.4 Å². The number of ether oxygens (including phenoxy) is 1. The van der Waals surface area contributed by atoms with Crippen LogP contribution in [-0.2, 0) is 13.2 Å². The molecule has 1 amide bonds. The van der Waals surface area contributed by atoms with E-state index in [-0.39, 0.29) is 11.9 Å². The minimum absolute atomic E-state index is 0.0189. The van der Waals surface area contributed by atoms with Crippen molar-refractivity contribution < 1.29 is 9.53 Å². The van der Waals surface area contributed by atoms with Gasteiger partial charge < -0.3 is 9.64 Å². The van der Waals surface area contributed by atoms with E-state index >= 15 is 0 Å². The summed E-state index contributed by atoms with van der Waals surface area (Å²) in [6, 6.07) is 21.7. The molecule has 0 bridgehead atoms. The van der Waals surface area contributed by atoms with E-state index in [0.717, 1.165) is 17.0 Å². The predicted octanol–water partition coefficient (Wildman–Crippen LogP) is 3.68. The molecular weight excluding hydrogens is 326 g/mol. The number of para-hydroxylation sites is 1. The lowest BCUT2D eigenvalue weighted by molar-refractivity contribution is 0.0651. The Morgan fingerprint density at radius 2 is 1.77 bits per heavy atom. The molecule has 0 saturated carbocycles. The number of hydrogen-bond acceptors (Lipinski definition) is 3. The summed E-state index contributed by atoms with van der Waals surface area (Å²) in [6.45, 7) is 3.71. The molecule has 3 aromatic rings. The summed E-state index contributed by atoms with van der Waals surface area (Å²) in [6.07, 6.45) is 0. The van der Waals surface area contributed by atoms with Crippen LogP contribution in [0.5, 0.6) is 5.75 Å². The molecule has 0 saturated heterocycles. The zero-order valence-corrected chi connectivity index (χ0v) is 14.7. The largest absolute Gasteiger partial charge is 0.487 e. The quantitative estimate of drug-likeness (QED) is 0.707. The first-order valence-electron chi connectivity index (χ1n) is 8.80. The van der Waals surface area contributed by atoms with Crippen LogP contribution in [0.2, 0.25) is 0 Å². The Kier molecular flexibility index (Phi) is 4.44. The standard InChI is InChI=1S/C21H21N3O2/c1-16-13-23(14-17-8-4-2-5-9-17)21(25)20-12-18(22-24(16)20)15-26-19-10-6-3-7-11-19/h2-12,16H,13-15H2,1H3. The van der Waals surface area contributed by atoms with E-state index in [1.807, 2.05) is 76.3 Å². The Bertz CT molecular complexity index is 890. The molecule has 0 N–H and O–H groups in total. The first kappa shape index (κ1) is 16.4. The Hall–Kier alpha value is -3.08. The van der Waals surface area contributed by atoms with Crippen LogP contribution in [0.3, 0.4) is 0 Å². The number of hydrogen-bond donors (Lipinski definition) is 0. The minimum Gasteiger partial charge on any atom is -0.487 e. The van der Waals surface area contributed by atoms with Gasteiger partial charge in [-0.3, -0.25) is 9.48 Å². The molecule has 5 heteroatoms. The fourth-order valence-electron chi connectivity index (χ4n) is 3.27. The third-order valence-electron chi connectivity index (χ3n) is 4.54. The van der Waals surface area contributed by atoms with Gasteiger partial charge in [-0.1, -0.05) is 48.5 Å². The molecule has 4 rings (SSSR count). The summed E-state index contributed by atoms with van der Waals surface area (Å²) in [7, 11) is 0. The van der Waals surface area contributed by atoms with Crippen molar-refractivity contribution in [3.8, 4) is 5.75 Å². The summed E-state index contributed by atoms with van der Waals surface area (Å²) >= 11 is 0. The van der Waals surface area contributed by atoms with Gasteiger partial charge in [-0.05, 0) is 30.7 Å². The molecule has 2 aromatic carbocycles. The number of nitrogens with zero attached hydrogens (tertiary/aromatic N) is 3. The van der Waals surface area contributed by atoms with Gasteiger partial charge in [0.15, 0.2) is 0 Å². The van der Waals surface area contributed by atoms with Gasteiger partial charge >= 0.3 is 0 Å². The number of aromatic nitrogens is 2. The molecule has 0 aliphatic carbocycles. The molecule has 0 spiro atoms. The normalized spacial score (nSPS) is 16.4. The van der Waals surface area contributed by atoms with E-state index < -0.39 is 0 Å². The van der Waals surface area contributed by atoms with E-state index in [1.165, 1.54) is 0 Å². The highest BCUT2D eigenvalue weighted by molar-refractivity contribution is 5.93. The van der Waals surface area contributed by atoms with Gasteiger partial charge in [0.05, 0.1) is 6.04 Å². The van der Waals surface area contributed by atoms with Gasteiger partial charge in [-0.2, -0.15) is 5.10 Å². The van der Waals surface area contributed by atoms with E-state index in [2.05, 4.69) is 12.0 Å². The Labute approximate surface area is 152 Å². The summed E-state index contributed by atoms with van der Waals surface area (Å²) in [5, 5.41) is 4.58. The molecule has 0 radical (unpaired) electrons. The zero-order valence-electron chi connectivity index (χ0n) is 14.7. The predicted molar refractivity (Wildman–Crippen MR) is 98.9 cm³/mol. The van der Waals surface area contributed by atoms with E-state index in [4.69, 9.17) is 4.74 Å². The van der Waals surface area contributed by atoms with Gasteiger partial charge in [0.1, 0.15) is 23.7 Å². The van der Waals surface area contributed by atoms with Crippen LogP contribution in [0.25, 0.3) is 0 Å². The number of fused-ring (bicyclic) bond motifs is 1. The molecule has 26 heavy (non-hydrogen) atoms. The third kappa shape index (κ3) is 3.33. The van der Waals surface area contributed by atoms with E-state index in [1.54, 1.807) is 0 Å². The molecule has 132 valence electrons. The smallest absolute Gasteiger partial charge is 0.272 e. The summed E-state index contributed by atoms with van der Waals surface area (Å²) in [4.78, 5) is 14.8. The maximum Gasteiger partial charge on any atom is 0.272 e. The van der Waals surface area contributed by atoms with Crippen LogP contribution in [0.1, 0.15) is 34.7 Å². The monoisotopic (exact) mass is 347 g/mol. The second-order valence-corrected chi connectivity index (χ2v) is 6.59. The second-order valence-electron chi connectivity index (χ2n) is 6.59. The van der Waals surface area contributed by atoms with Crippen LogP contribution in [-0.4, -0.2) is 27.1 Å². The van der Waals surface area contributed by atoms with Gasteiger partial charge in [0.2, 0.25) is 0 Å². The summed E-state index contributed by atoms with van der Waals surface area (Å²) in [5.41, 5.74) is 2.53. The highest BCUT2D eigenvalue weighted by Gasteiger charge is 2.30. The van der Waals surface area contributed by atoms with Crippen molar-refractivity contribution in [3.05, 3.63) is 83.7 Å². The fraction of sp³-hybridized carbons (Fsp3) is 0.238. The zero-order chi connectivity index (χ0) is 17.9. The average molecular weight is 347 g/mol. The first-order chi connectivity index (χ1) is 12.7. The van der Waals surface area contributed by atoms with Crippen molar-refractivity contribution in [2.75, 3.05) is 6.54 Å². The number of amides is 1. The molecule has 1 atom stereocenters. The maximum absolute atomic E-state index is 12.9. The topological polar surface area (TPSA) is 47.4 Å². The molecule has 1 aliphatic heterocycles. The van der Waals surface area contributed by atoms with Gasteiger partial charge in [-0.15, -0.1) is 0 Å². The van der Waals surface area contributed by atoms with Gasteiger partial charge in [0, 0.05) is 13.1 Å². The molecule has 1 aliphatic rings. The average Bonchev–Trinajstić information content (AvgIpc) is 3.11. The van der Waals surface area contributed by atoms with Crippen LogP contribution in [0.4, 0.5) is 0 Å². The number of benzene rings is 2. The highest BCUT2D eigenvalue weighted by Crippen LogP contribution is 2.23. The van der Waals surface area contributed by atoms with Gasteiger partial charge in [-0.25, -0.2) is 0 Å². The van der Waals surface area contributed by atoms with Crippen molar-refractivity contribution in [2.24, 2.45) is 0 Å². The first-order valence-corrected chi connectivity index (χ1v) is 8.80. The summed E-state index contributed by atoms with van der Waals surface area (Å²) < 4.78 is 7.59. The third-order valence-corrected chi connectivity index (χ3v) is 4.54. The van der Waals surface area contributed by atoms with Crippen molar-refractivity contribution in [3.63, 3.8) is 0 Å². The van der Waals surface area contributed by atoms with Crippen LogP contribution >= 0.6 is 0 Å². The lowest BCUT2D eigenvalue weighted by Gasteiger charge is -2.31. The number of rotatable bonds is 5. The number of carbonyl (C=O) groups excluding carboxylic acids is 1. The molecule has 2 heterocycles. The Morgan fingerprint density at radius 3 is 2.50 bits per heavy atom. The van der Waals surface area contributed by atoms with Crippen molar-refractivity contribution >= 4 is 5.91 Å². The molecule has 5 nitrogen and oxygen atoms in total. The second kappa shape index (κ2) is 7.04. The van der Waals surface area contributed by atoms with Crippen molar-refractivity contribution in [2.45, 2.75) is 26.1 Å². The molecular formula is C21H21N3O2. The SMILES string of the molecule is CC1CN(Cc2ccccc2)C(=O)c2cc(COc3ccccc3)nn21. The molecule has 0 fully saturated rings. The van der Waals surface area contributed by atoms with Crippen LogP contribution in [0.15, 0.2) is 66.7 Å². The maximum atomic E-state index is 12.9. The Morgan fingerprint density at radius 1 is 1.08 bits per heavy atom. The number of carbonyl (C=O) groups is 1. The lowest BCUT2D eigenvalue weighted by Crippen LogP contribution is -2.41. The van der Waals surface area contributed by atoms with Gasteiger partial charge in [0.25, 0.3) is 5.91 Å². The van der Waals surface area contributed by atoms with E-state index in [9.17, 15) is 4.79 Å². The minimum atomic E-state index is 0.0189. The van der Waals surface area contributed by atoms with Crippen LogP contribution in [0, 0.1) is 0 Å². The van der Waals surface area contributed by atoms with Crippen molar-refractivity contribution in [1.29, 1.82) is 0 Å². The Balaban J connectivity index is 1.50. The molecule has 1 unspecified atom stereocenters. The summed E-state index contributed by atoms with van der Waals surface area (Å²) in [5.74, 6) is 0.814.